The van der Waals surface area contributed by atoms with Crippen molar-refractivity contribution in [2.75, 3.05) is 11.4 Å². The predicted octanol–water partition coefficient (Wildman–Crippen LogP) is 4.78. The number of aryl methyl sites for hydroxylation is 2. The molecule has 0 spiro atoms. The Morgan fingerprint density at radius 2 is 2.00 bits per heavy atom. The summed E-state index contributed by atoms with van der Waals surface area (Å²) in [6, 6.07) is 13.8. The molecule has 27 heavy (non-hydrogen) atoms. The molecular formula is C21H20ClN3O2. The van der Waals surface area contributed by atoms with E-state index < -0.39 is 0 Å². The molecule has 1 fully saturated rings. The second-order valence-electron chi connectivity index (χ2n) is 6.85. The van der Waals surface area contributed by atoms with Crippen LogP contribution >= 0.6 is 11.6 Å². The minimum atomic E-state index is -0.117. The normalized spacial score (nSPS) is 16.9. The molecule has 0 N–H and O–H groups in total. The van der Waals surface area contributed by atoms with Gasteiger partial charge in [0.1, 0.15) is 0 Å². The number of carbonyl (C=O) groups excluding carboxylic acids is 1. The first-order chi connectivity index (χ1) is 13.0. The van der Waals surface area contributed by atoms with E-state index in [-0.39, 0.29) is 11.8 Å². The van der Waals surface area contributed by atoms with Crippen LogP contribution in [0.15, 0.2) is 47.0 Å². The van der Waals surface area contributed by atoms with Crippen molar-refractivity contribution >= 4 is 23.2 Å². The molecule has 6 heteroatoms. The first kappa shape index (κ1) is 17.7. The van der Waals surface area contributed by atoms with Gasteiger partial charge in [-0.3, -0.25) is 4.79 Å². The first-order valence-electron chi connectivity index (χ1n) is 9.04. The van der Waals surface area contributed by atoms with Crippen LogP contribution in [0.2, 0.25) is 5.02 Å². The third kappa shape index (κ3) is 3.47. The third-order valence-corrected chi connectivity index (χ3v) is 5.41. The number of anilines is 1. The zero-order valence-electron chi connectivity index (χ0n) is 15.3. The van der Waals surface area contributed by atoms with Gasteiger partial charge in [-0.15, -0.1) is 0 Å². The van der Waals surface area contributed by atoms with Crippen molar-refractivity contribution in [2.45, 2.75) is 32.6 Å². The number of amides is 1. The van der Waals surface area contributed by atoms with Gasteiger partial charge in [0.05, 0.1) is 5.92 Å². The van der Waals surface area contributed by atoms with Crippen LogP contribution < -0.4 is 4.90 Å². The minimum Gasteiger partial charge on any atom is -0.339 e. The highest BCUT2D eigenvalue weighted by molar-refractivity contribution is 6.31. The Morgan fingerprint density at radius 3 is 2.70 bits per heavy atom. The number of halogens is 1. The number of rotatable bonds is 4. The molecule has 0 radical (unpaired) electrons. The van der Waals surface area contributed by atoms with E-state index in [1.54, 1.807) is 4.90 Å². The van der Waals surface area contributed by atoms with Crippen LogP contribution in [0.4, 0.5) is 5.69 Å². The second kappa shape index (κ2) is 7.16. The molecule has 0 aliphatic carbocycles. The van der Waals surface area contributed by atoms with Gasteiger partial charge >= 0.3 is 0 Å². The van der Waals surface area contributed by atoms with Gasteiger partial charge in [0, 0.05) is 29.2 Å². The third-order valence-electron chi connectivity index (χ3n) is 5.00. The average Bonchev–Trinajstić information content (AvgIpc) is 3.31. The van der Waals surface area contributed by atoms with Crippen LogP contribution in [-0.4, -0.2) is 22.6 Å². The second-order valence-corrected chi connectivity index (χ2v) is 7.25. The zero-order valence-corrected chi connectivity index (χ0v) is 16.0. The number of hydrogen-bond acceptors (Lipinski definition) is 4. The van der Waals surface area contributed by atoms with Crippen LogP contribution in [0.1, 0.15) is 36.3 Å². The summed E-state index contributed by atoms with van der Waals surface area (Å²) in [6.45, 7) is 4.56. The summed E-state index contributed by atoms with van der Waals surface area (Å²) in [5.41, 5.74) is 3.96. The first-order valence-corrected chi connectivity index (χ1v) is 9.42. The molecule has 2 aromatic carbocycles. The molecule has 4 rings (SSSR count). The number of hydrogen-bond donors (Lipinski definition) is 0. The van der Waals surface area contributed by atoms with Crippen LogP contribution in [0.3, 0.4) is 0 Å². The number of nitrogens with zero attached hydrogens (tertiary/aromatic N) is 3. The van der Waals surface area contributed by atoms with E-state index in [1.165, 1.54) is 5.56 Å². The Bertz CT molecular complexity index is 981. The lowest BCUT2D eigenvalue weighted by atomic mass is 10.1. The summed E-state index contributed by atoms with van der Waals surface area (Å²) in [7, 11) is 0. The van der Waals surface area contributed by atoms with E-state index in [4.69, 9.17) is 16.1 Å². The van der Waals surface area contributed by atoms with Gasteiger partial charge in [0.25, 0.3) is 0 Å². The molecule has 138 valence electrons. The molecule has 1 unspecified atom stereocenters. The Balaban J connectivity index is 1.53. The van der Waals surface area contributed by atoms with Crippen LogP contribution in [0.5, 0.6) is 0 Å². The van der Waals surface area contributed by atoms with E-state index in [1.807, 2.05) is 37.3 Å². The van der Waals surface area contributed by atoms with Crippen molar-refractivity contribution in [3.05, 3.63) is 64.5 Å². The molecular weight excluding hydrogens is 362 g/mol. The zero-order chi connectivity index (χ0) is 19.0. The largest absolute Gasteiger partial charge is 0.339 e. The lowest BCUT2D eigenvalue weighted by Gasteiger charge is -2.17. The molecule has 0 bridgehead atoms. The summed E-state index contributed by atoms with van der Waals surface area (Å²) in [5, 5.41) is 4.75. The van der Waals surface area contributed by atoms with E-state index >= 15 is 0 Å². The predicted molar refractivity (Wildman–Crippen MR) is 105 cm³/mol. The lowest BCUT2D eigenvalue weighted by molar-refractivity contribution is -0.117. The fraction of sp³-hybridized carbons (Fsp3) is 0.286. The van der Waals surface area contributed by atoms with Gasteiger partial charge in [-0.25, -0.2) is 0 Å². The topological polar surface area (TPSA) is 59.2 Å². The molecule has 1 atom stereocenters. The summed E-state index contributed by atoms with van der Waals surface area (Å²) in [5.74, 6) is 0.969. The summed E-state index contributed by atoms with van der Waals surface area (Å²) in [4.78, 5) is 18.8. The van der Waals surface area contributed by atoms with E-state index in [0.717, 1.165) is 23.2 Å². The van der Waals surface area contributed by atoms with Crippen molar-refractivity contribution in [1.82, 2.24) is 10.1 Å². The molecule has 1 aliphatic rings. The van der Waals surface area contributed by atoms with Gasteiger partial charge in [0.15, 0.2) is 0 Å². The monoisotopic (exact) mass is 381 g/mol. The van der Waals surface area contributed by atoms with Gasteiger partial charge in [-0.05, 0) is 36.6 Å². The van der Waals surface area contributed by atoms with Crippen LogP contribution in [0, 0.1) is 6.92 Å². The Labute approximate surface area is 163 Å². The standard InChI is InChI=1S/C21H20ClN3O2/c1-3-14-5-7-15(8-6-14)20-23-21(27-24-20)16-10-19(26)25(12-16)17-9-4-13(2)18(22)11-17/h4-9,11,16H,3,10,12H2,1-2H3. The molecule has 0 saturated carbocycles. The maximum atomic E-state index is 12.5. The highest BCUT2D eigenvalue weighted by atomic mass is 35.5. The minimum absolute atomic E-state index is 0.0342. The number of benzene rings is 2. The number of aromatic nitrogens is 2. The quantitative estimate of drug-likeness (QED) is 0.652. The molecule has 1 aromatic heterocycles. The fourth-order valence-corrected chi connectivity index (χ4v) is 3.45. The maximum Gasteiger partial charge on any atom is 0.232 e. The van der Waals surface area contributed by atoms with Gasteiger partial charge < -0.3 is 9.42 Å². The molecule has 3 aromatic rings. The molecule has 5 nitrogen and oxygen atoms in total. The van der Waals surface area contributed by atoms with Gasteiger partial charge in [-0.1, -0.05) is 54.0 Å². The summed E-state index contributed by atoms with van der Waals surface area (Å²) >= 11 is 6.21. The summed E-state index contributed by atoms with van der Waals surface area (Å²) < 4.78 is 5.47. The molecule has 2 heterocycles. The summed E-state index contributed by atoms with van der Waals surface area (Å²) in [6.07, 6.45) is 1.34. The molecule has 1 aliphatic heterocycles. The number of carbonyl (C=O) groups is 1. The SMILES string of the molecule is CCc1ccc(-c2noc(C3CC(=O)N(c4ccc(C)c(Cl)c4)C3)n2)cc1. The smallest absolute Gasteiger partial charge is 0.232 e. The van der Waals surface area contributed by atoms with E-state index in [9.17, 15) is 4.79 Å². The highest BCUT2D eigenvalue weighted by Crippen LogP contribution is 2.33. The van der Waals surface area contributed by atoms with E-state index in [2.05, 4.69) is 29.2 Å². The Kier molecular flexibility index (Phi) is 4.70. The van der Waals surface area contributed by atoms with Crippen molar-refractivity contribution in [3.63, 3.8) is 0 Å². The lowest BCUT2D eigenvalue weighted by Crippen LogP contribution is -2.24. The van der Waals surface area contributed by atoms with Crippen molar-refractivity contribution in [3.8, 4) is 11.4 Å². The Morgan fingerprint density at radius 1 is 1.22 bits per heavy atom. The van der Waals surface area contributed by atoms with Crippen LogP contribution in [0.25, 0.3) is 11.4 Å². The van der Waals surface area contributed by atoms with Gasteiger partial charge in [-0.2, -0.15) is 4.98 Å². The van der Waals surface area contributed by atoms with Crippen molar-refractivity contribution in [2.24, 2.45) is 0 Å². The Hall–Kier alpha value is -2.66. The highest BCUT2D eigenvalue weighted by Gasteiger charge is 2.35. The average molecular weight is 382 g/mol. The molecule has 1 amide bonds. The molecule has 1 saturated heterocycles. The van der Waals surface area contributed by atoms with Crippen molar-refractivity contribution in [1.29, 1.82) is 0 Å². The fourth-order valence-electron chi connectivity index (χ4n) is 3.28. The maximum absolute atomic E-state index is 12.5. The van der Waals surface area contributed by atoms with Gasteiger partial charge in [0.2, 0.25) is 17.6 Å². The van der Waals surface area contributed by atoms with Crippen molar-refractivity contribution < 1.29 is 9.32 Å². The van der Waals surface area contributed by atoms with Crippen LogP contribution in [-0.2, 0) is 11.2 Å². The van der Waals surface area contributed by atoms with E-state index in [0.29, 0.717) is 29.7 Å².